The van der Waals surface area contributed by atoms with Gasteiger partial charge in [-0.1, -0.05) is 6.92 Å². The van der Waals surface area contributed by atoms with Gasteiger partial charge in [0.1, 0.15) is 9.90 Å². The van der Waals surface area contributed by atoms with E-state index in [0.29, 0.717) is 18.2 Å². The van der Waals surface area contributed by atoms with Gasteiger partial charge in [0.2, 0.25) is 0 Å². The number of nitrogens with zero attached hydrogens (tertiary/aromatic N) is 1. The molecule has 0 radical (unpaired) electrons. The Morgan fingerprint density at radius 3 is 2.85 bits per heavy atom. The van der Waals surface area contributed by atoms with E-state index in [2.05, 4.69) is 16.6 Å². The Bertz CT molecular complexity index is 538. The second-order valence-electron chi connectivity index (χ2n) is 4.86. The molecule has 1 aliphatic carbocycles. The van der Waals surface area contributed by atoms with Gasteiger partial charge in [0.05, 0.1) is 5.25 Å². The maximum Gasteiger partial charge on any atom is 0.187 e. The fourth-order valence-corrected chi connectivity index (χ4v) is 4.76. The van der Waals surface area contributed by atoms with E-state index < -0.39 is 9.84 Å². The molecule has 0 amide bonds. The van der Waals surface area contributed by atoms with Gasteiger partial charge in [-0.2, -0.15) is 4.37 Å². The summed E-state index contributed by atoms with van der Waals surface area (Å²) in [6.45, 7) is 4.14. The van der Waals surface area contributed by atoms with Crippen LogP contribution in [0.4, 0.5) is 10.8 Å². The van der Waals surface area contributed by atoms with Gasteiger partial charge in [-0.15, -0.1) is 0 Å². The van der Waals surface area contributed by atoms with Crippen molar-refractivity contribution in [3.8, 4) is 0 Å². The summed E-state index contributed by atoms with van der Waals surface area (Å²) in [5, 5.41) is 3.41. The lowest BCUT2D eigenvalue weighted by Gasteiger charge is -2.07. The Labute approximate surface area is 123 Å². The smallest absolute Gasteiger partial charge is 0.187 e. The number of nitrogens with one attached hydrogen (secondary N) is 1. The maximum absolute atomic E-state index is 12.3. The number of anilines is 2. The van der Waals surface area contributed by atoms with Crippen LogP contribution in [0.15, 0.2) is 4.90 Å². The lowest BCUT2D eigenvalue weighted by molar-refractivity contribution is 0.134. The first-order valence-electron chi connectivity index (χ1n) is 6.88. The van der Waals surface area contributed by atoms with Crippen LogP contribution >= 0.6 is 11.5 Å². The standard InChI is InChI=1S/C12H21N3O3S2/c1-2-7-18-8-3-6-14-12-10(11(13)15-19-12)20(16,17)9-4-5-9/h9,14H,2-8H2,1H3,(H2,13,15). The summed E-state index contributed by atoms with van der Waals surface area (Å²) in [6.07, 6.45) is 3.27. The topological polar surface area (TPSA) is 94.3 Å². The first kappa shape index (κ1) is 15.5. The average Bonchev–Trinajstić information content (AvgIpc) is 3.19. The van der Waals surface area contributed by atoms with Crippen molar-refractivity contribution in [2.75, 3.05) is 30.8 Å². The van der Waals surface area contributed by atoms with Crippen LogP contribution in [0.5, 0.6) is 0 Å². The molecule has 1 saturated carbocycles. The zero-order chi connectivity index (χ0) is 14.6. The highest BCUT2D eigenvalue weighted by atomic mass is 32.2. The minimum Gasteiger partial charge on any atom is -0.382 e. The van der Waals surface area contributed by atoms with Crippen LogP contribution in [0.3, 0.4) is 0 Å². The number of hydrogen-bond donors (Lipinski definition) is 2. The van der Waals surface area contributed by atoms with Crippen molar-refractivity contribution in [3.05, 3.63) is 0 Å². The van der Waals surface area contributed by atoms with E-state index in [-0.39, 0.29) is 16.0 Å². The number of hydrogen-bond acceptors (Lipinski definition) is 7. The average molecular weight is 319 g/mol. The van der Waals surface area contributed by atoms with Crippen LogP contribution in [0.1, 0.15) is 32.6 Å². The molecule has 1 aromatic heterocycles. The number of rotatable bonds is 9. The van der Waals surface area contributed by atoms with Gasteiger partial charge in [-0.05, 0) is 37.2 Å². The third-order valence-electron chi connectivity index (χ3n) is 3.02. The largest absolute Gasteiger partial charge is 0.382 e. The summed E-state index contributed by atoms with van der Waals surface area (Å²) in [7, 11) is -3.31. The van der Waals surface area contributed by atoms with Crippen LogP contribution < -0.4 is 11.1 Å². The normalized spacial score (nSPS) is 15.4. The molecule has 0 atom stereocenters. The van der Waals surface area contributed by atoms with Crippen molar-refractivity contribution < 1.29 is 13.2 Å². The number of nitrogens with two attached hydrogens (primary N) is 1. The Morgan fingerprint density at radius 1 is 1.45 bits per heavy atom. The van der Waals surface area contributed by atoms with E-state index in [1.807, 2.05) is 0 Å². The molecule has 0 aliphatic heterocycles. The summed E-state index contributed by atoms with van der Waals surface area (Å²) in [4.78, 5) is 0.194. The fourth-order valence-electron chi connectivity index (χ4n) is 1.85. The van der Waals surface area contributed by atoms with Crippen molar-refractivity contribution >= 4 is 32.2 Å². The highest BCUT2D eigenvalue weighted by molar-refractivity contribution is 7.92. The summed E-state index contributed by atoms with van der Waals surface area (Å²) in [5.41, 5.74) is 5.72. The lowest BCUT2D eigenvalue weighted by Crippen LogP contribution is -2.12. The van der Waals surface area contributed by atoms with Crippen molar-refractivity contribution in [2.24, 2.45) is 0 Å². The molecular formula is C12H21N3O3S2. The molecule has 0 spiro atoms. The summed E-state index contributed by atoms with van der Waals surface area (Å²) in [6, 6.07) is 0. The second-order valence-corrected chi connectivity index (χ2v) is 7.80. The predicted molar refractivity (Wildman–Crippen MR) is 81.0 cm³/mol. The van der Waals surface area contributed by atoms with E-state index in [9.17, 15) is 8.42 Å². The number of aromatic nitrogens is 1. The van der Waals surface area contributed by atoms with E-state index in [0.717, 1.165) is 43.8 Å². The van der Waals surface area contributed by atoms with Gasteiger partial charge in [0.25, 0.3) is 0 Å². The minimum absolute atomic E-state index is 0.117. The van der Waals surface area contributed by atoms with Gasteiger partial charge in [-0.3, -0.25) is 0 Å². The highest BCUT2D eigenvalue weighted by Gasteiger charge is 2.40. The molecule has 2 rings (SSSR count). The molecule has 0 unspecified atom stereocenters. The molecule has 8 heteroatoms. The molecule has 0 saturated heterocycles. The molecule has 1 aliphatic rings. The molecular weight excluding hydrogens is 298 g/mol. The molecule has 1 heterocycles. The molecule has 1 aromatic rings. The van der Waals surface area contributed by atoms with Crippen LogP contribution in [-0.4, -0.2) is 37.8 Å². The summed E-state index contributed by atoms with van der Waals surface area (Å²) in [5.74, 6) is 0.117. The molecule has 0 aromatic carbocycles. The van der Waals surface area contributed by atoms with Crippen LogP contribution in [0.25, 0.3) is 0 Å². The molecule has 20 heavy (non-hydrogen) atoms. The van der Waals surface area contributed by atoms with Crippen molar-refractivity contribution in [1.82, 2.24) is 4.37 Å². The SMILES string of the molecule is CCCOCCCNc1snc(N)c1S(=O)(=O)C1CC1. The van der Waals surface area contributed by atoms with Gasteiger partial charge >= 0.3 is 0 Å². The Hall–Kier alpha value is -0.860. The Morgan fingerprint density at radius 2 is 2.20 bits per heavy atom. The minimum atomic E-state index is -3.31. The second kappa shape index (κ2) is 6.73. The van der Waals surface area contributed by atoms with E-state index in [4.69, 9.17) is 10.5 Å². The number of sulfone groups is 1. The fraction of sp³-hybridized carbons (Fsp3) is 0.750. The third-order valence-corrected chi connectivity index (χ3v) is 6.30. The van der Waals surface area contributed by atoms with Gasteiger partial charge in [-0.25, -0.2) is 8.42 Å². The van der Waals surface area contributed by atoms with E-state index >= 15 is 0 Å². The molecule has 1 fully saturated rings. The lowest BCUT2D eigenvalue weighted by atomic mass is 10.4. The zero-order valence-electron chi connectivity index (χ0n) is 11.6. The monoisotopic (exact) mass is 319 g/mol. The first-order chi connectivity index (χ1) is 9.57. The maximum atomic E-state index is 12.3. The Kier molecular flexibility index (Phi) is 5.22. The summed E-state index contributed by atoms with van der Waals surface area (Å²) >= 11 is 1.11. The van der Waals surface area contributed by atoms with Crippen molar-refractivity contribution in [1.29, 1.82) is 0 Å². The molecule has 114 valence electrons. The number of nitrogen functional groups attached to an aromatic ring is 1. The predicted octanol–water partition coefficient (Wildman–Crippen LogP) is 1.89. The Balaban J connectivity index is 1.92. The van der Waals surface area contributed by atoms with Crippen molar-refractivity contribution in [3.63, 3.8) is 0 Å². The van der Waals surface area contributed by atoms with Gasteiger partial charge in [0.15, 0.2) is 15.7 Å². The molecule has 3 N–H and O–H groups in total. The quantitative estimate of drug-likeness (QED) is 0.675. The number of ether oxygens (including phenoxy) is 1. The van der Waals surface area contributed by atoms with Crippen molar-refractivity contribution in [2.45, 2.75) is 42.8 Å². The van der Waals surface area contributed by atoms with Crippen LogP contribution in [0, 0.1) is 0 Å². The van der Waals surface area contributed by atoms with Gasteiger partial charge < -0.3 is 15.8 Å². The van der Waals surface area contributed by atoms with Gasteiger partial charge in [0, 0.05) is 19.8 Å². The first-order valence-corrected chi connectivity index (χ1v) is 9.20. The summed E-state index contributed by atoms with van der Waals surface area (Å²) < 4.78 is 33.9. The van der Waals surface area contributed by atoms with E-state index in [1.54, 1.807) is 0 Å². The highest BCUT2D eigenvalue weighted by Crippen LogP contribution is 2.40. The van der Waals surface area contributed by atoms with Crippen LogP contribution in [0.2, 0.25) is 0 Å². The van der Waals surface area contributed by atoms with E-state index in [1.165, 1.54) is 0 Å². The molecule has 0 bridgehead atoms. The zero-order valence-corrected chi connectivity index (χ0v) is 13.2. The van der Waals surface area contributed by atoms with Crippen LogP contribution in [-0.2, 0) is 14.6 Å². The third kappa shape index (κ3) is 3.62. The molecule has 6 nitrogen and oxygen atoms in total.